The fourth-order valence-electron chi connectivity index (χ4n) is 11.3. The van der Waals surface area contributed by atoms with Crippen LogP contribution in [0.2, 0.25) is 0 Å². The lowest BCUT2D eigenvalue weighted by Crippen LogP contribution is -2.65. The largest absolute Gasteiger partial charge is 0.299 e. The van der Waals surface area contributed by atoms with E-state index in [4.69, 9.17) is 0 Å². The second-order valence-electron chi connectivity index (χ2n) is 15.2. The Bertz CT molecular complexity index is 1150. The van der Waals surface area contributed by atoms with E-state index in [0.717, 1.165) is 51.4 Å². The highest BCUT2D eigenvalue weighted by Gasteiger charge is 2.69. The fraction of sp³-hybridized carbons (Fsp3) is 0.788. The molecule has 4 fully saturated rings. The lowest BCUT2D eigenvalue weighted by Gasteiger charge is -2.71. The molecular weight excluding hydrogens is 456 g/mol. The SMILES string of the molecule is C[C@H]1[C@H](C)CC[C@]2(C(=O)n3ccnc3)CC[C@]3(C)C(=CC[C@@H]4[C@@]5(C)CCC(=O)C(C)(C)[C@@H]5CC[C@]43C)[C@H]12. The molecular formula is C33H48N2O2. The summed E-state index contributed by atoms with van der Waals surface area (Å²) in [5.41, 5.74) is 1.57. The van der Waals surface area contributed by atoms with Crippen LogP contribution in [0, 0.1) is 56.7 Å². The van der Waals surface area contributed by atoms with Gasteiger partial charge in [-0.15, -0.1) is 0 Å². The third-order valence-electron chi connectivity index (χ3n) is 13.9. The van der Waals surface area contributed by atoms with Crippen LogP contribution < -0.4 is 0 Å². The van der Waals surface area contributed by atoms with E-state index in [1.165, 1.54) is 6.42 Å². The number of allylic oxidation sites excluding steroid dienone is 2. The molecule has 0 aromatic carbocycles. The molecule has 4 heteroatoms. The molecule has 5 aliphatic rings. The van der Waals surface area contributed by atoms with Crippen LogP contribution in [-0.2, 0) is 4.79 Å². The number of rotatable bonds is 1. The van der Waals surface area contributed by atoms with E-state index in [0.29, 0.717) is 35.4 Å². The quantitative estimate of drug-likeness (QED) is 0.367. The molecule has 9 atom stereocenters. The summed E-state index contributed by atoms with van der Waals surface area (Å²) in [6.45, 7) is 17.0. The summed E-state index contributed by atoms with van der Waals surface area (Å²) in [5, 5.41) is 0. The van der Waals surface area contributed by atoms with Crippen molar-refractivity contribution < 1.29 is 9.59 Å². The van der Waals surface area contributed by atoms with Gasteiger partial charge in [0.2, 0.25) is 5.91 Å². The number of carbonyl (C=O) groups is 2. The first-order chi connectivity index (χ1) is 17.3. The van der Waals surface area contributed by atoms with Gasteiger partial charge in [-0.2, -0.15) is 0 Å². The molecule has 6 rings (SSSR count). The van der Waals surface area contributed by atoms with Crippen molar-refractivity contribution in [1.29, 1.82) is 0 Å². The first kappa shape index (κ1) is 25.6. The van der Waals surface area contributed by atoms with E-state index in [-0.39, 0.29) is 33.0 Å². The summed E-state index contributed by atoms with van der Waals surface area (Å²) in [6, 6.07) is 0. The van der Waals surface area contributed by atoms with Crippen molar-refractivity contribution in [3.8, 4) is 0 Å². The lowest BCUT2D eigenvalue weighted by atomic mass is 9.33. The van der Waals surface area contributed by atoms with Gasteiger partial charge in [0.05, 0.1) is 5.41 Å². The number of fused-ring (bicyclic) bond motifs is 7. The number of carbonyl (C=O) groups excluding carboxylic acids is 2. The molecule has 4 nitrogen and oxygen atoms in total. The molecule has 1 aromatic heterocycles. The minimum atomic E-state index is -0.318. The first-order valence-corrected chi connectivity index (χ1v) is 15.1. The van der Waals surface area contributed by atoms with Gasteiger partial charge in [-0.25, -0.2) is 4.98 Å². The molecule has 0 amide bonds. The predicted molar refractivity (Wildman–Crippen MR) is 147 cm³/mol. The van der Waals surface area contributed by atoms with Gasteiger partial charge in [0, 0.05) is 24.2 Å². The summed E-state index contributed by atoms with van der Waals surface area (Å²) >= 11 is 0. The van der Waals surface area contributed by atoms with Crippen molar-refractivity contribution in [3.05, 3.63) is 30.4 Å². The third-order valence-corrected chi connectivity index (χ3v) is 13.9. The monoisotopic (exact) mass is 504 g/mol. The average Bonchev–Trinajstić information content (AvgIpc) is 3.39. The maximum atomic E-state index is 14.2. The van der Waals surface area contributed by atoms with Crippen molar-refractivity contribution in [3.63, 3.8) is 0 Å². The molecule has 0 spiro atoms. The van der Waals surface area contributed by atoms with Crippen molar-refractivity contribution in [2.24, 2.45) is 56.7 Å². The lowest BCUT2D eigenvalue weighted by molar-refractivity contribution is -0.184. The van der Waals surface area contributed by atoms with E-state index in [1.807, 2.05) is 6.20 Å². The molecule has 0 bridgehead atoms. The second-order valence-corrected chi connectivity index (χ2v) is 15.2. The minimum absolute atomic E-state index is 0.101. The zero-order valence-corrected chi connectivity index (χ0v) is 24.3. The Balaban J connectivity index is 1.46. The molecule has 37 heavy (non-hydrogen) atoms. The van der Waals surface area contributed by atoms with Gasteiger partial charge in [0.25, 0.3) is 0 Å². The van der Waals surface area contributed by atoms with Gasteiger partial charge in [0.15, 0.2) is 0 Å². The highest BCUT2D eigenvalue weighted by molar-refractivity contribution is 5.86. The van der Waals surface area contributed by atoms with Crippen LogP contribution in [0.15, 0.2) is 30.4 Å². The summed E-state index contributed by atoms with van der Waals surface area (Å²) in [4.78, 5) is 31.5. The van der Waals surface area contributed by atoms with E-state index in [2.05, 4.69) is 59.5 Å². The smallest absolute Gasteiger partial charge is 0.238 e. The normalized spacial score (nSPS) is 48.7. The Kier molecular flexibility index (Phi) is 5.47. The van der Waals surface area contributed by atoms with Gasteiger partial charge >= 0.3 is 0 Å². The van der Waals surface area contributed by atoms with Crippen molar-refractivity contribution in [2.45, 2.75) is 106 Å². The molecule has 1 heterocycles. The molecule has 202 valence electrons. The van der Waals surface area contributed by atoms with E-state index >= 15 is 0 Å². The molecule has 4 saturated carbocycles. The Morgan fingerprint density at radius 3 is 2.43 bits per heavy atom. The summed E-state index contributed by atoms with van der Waals surface area (Å²) in [7, 11) is 0. The predicted octanol–water partition coefficient (Wildman–Crippen LogP) is 7.75. The van der Waals surface area contributed by atoms with Gasteiger partial charge < -0.3 is 0 Å². The number of aromatic nitrogens is 2. The van der Waals surface area contributed by atoms with Crippen LogP contribution in [0.5, 0.6) is 0 Å². The van der Waals surface area contributed by atoms with E-state index in [9.17, 15) is 9.59 Å². The maximum Gasteiger partial charge on any atom is 0.238 e. The Morgan fingerprint density at radius 1 is 0.973 bits per heavy atom. The highest BCUT2D eigenvalue weighted by Crippen LogP contribution is 2.75. The zero-order chi connectivity index (χ0) is 26.6. The zero-order valence-electron chi connectivity index (χ0n) is 24.3. The number of hydrogen-bond acceptors (Lipinski definition) is 3. The highest BCUT2D eigenvalue weighted by atomic mass is 16.2. The van der Waals surface area contributed by atoms with Crippen LogP contribution in [0.3, 0.4) is 0 Å². The van der Waals surface area contributed by atoms with Crippen LogP contribution >= 0.6 is 0 Å². The Morgan fingerprint density at radius 2 is 1.73 bits per heavy atom. The van der Waals surface area contributed by atoms with Gasteiger partial charge in [0.1, 0.15) is 12.1 Å². The van der Waals surface area contributed by atoms with Gasteiger partial charge in [-0.3, -0.25) is 14.2 Å². The van der Waals surface area contributed by atoms with Gasteiger partial charge in [-0.05, 0) is 97.2 Å². The second kappa shape index (κ2) is 7.92. The number of nitrogens with zero attached hydrogens (tertiary/aromatic N) is 2. The van der Waals surface area contributed by atoms with Crippen molar-refractivity contribution >= 4 is 11.7 Å². The average molecular weight is 505 g/mol. The molecule has 0 saturated heterocycles. The number of ketones is 1. The first-order valence-electron chi connectivity index (χ1n) is 15.1. The third kappa shape index (κ3) is 3.05. The summed E-state index contributed by atoms with van der Waals surface area (Å²) in [6.07, 6.45) is 17.4. The molecule has 0 radical (unpaired) electrons. The van der Waals surface area contributed by atoms with Crippen LogP contribution in [-0.4, -0.2) is 21.2 Å². The number of Topliss-reactive ketones (excluding diaryl/α,β-unsaturated/α-hetero) is 1. The van der Waals surface area contributed by atoms with Crippen LogP contribution in [0.1, 0.15) is 111 Å². The minimum Gasteiger partial charge on any atom is -0.299 e. The molecule has 5 aliphatic carbocycles. The van der Waals surface area contributed by atoms with E-state index < -0.39 is 0 Å². The standard InChI is InChI=1S/C33H48N2O2/c1-21-10-15-33(28(37)35-19-18-34-20-35)17-16-31(6)23(27(33)22(21)2)8-9-25-30(5)13-12-26(36)29(3,4)24(30)11-14-32(25,31)7/h8,18-22,24-25,27H,9-17H2,1-7H3/t21-,22+,24+,25-,27+,30+,31-,32-,33+/m1/s1. The van der Waals surface area contributed by atoms with Crippen molar-refractivity contribution in [2.75, 3.05) is 0 Å². The van der Waals surface area contributed by atoms with Crippen LogP contribution in [0.4, 0.5) is 0 Å². The van der Waals surface area contributed by atoms with E-state index in [1.54, 1.807) is 22.7 Å². The van der Waals surface area contributed by atoms with Crippen molar-refractivity contribution in [1.82, 2.24) is 9.55 Å². The molecule has 0 N–H and O–H groups in total. The Hall–Kier alpha value is -1.71. The molecule has 1 aromatic rings. The summed E-state index contributed by atoms with van der Waals surface area (Å²) < 4.78 is 1.78. The summed E-state index contributed by atoms with van der Waals surface area (Å²) in [5.74, 6) is 3.23. The molecule has 0 unspecified atom stereocenters. The number of hydrogen-bond donors (Lipinski definition) is 0. The topological polar surface area (TPSA) is 52.0 Å². The number of imidazole rings is 1. The van der Waals surface area contributed by atoms with Crippen LogP contribution in [0.25, 0.3) is 0 Å². The molecule has 0 aliphatic heterocycles. The maximum absolute atomic E-state index is 14.2. The van der Waals surface area contributed by atoms with Gasteiger partial charge in [-0.1, -0.05) is 60.1 Å². The fourth-order valence-corrected chi connectivity index (χ4v) is 11.3. The Labute approximate surface area is 224 Å².